The number of carbonyl (C=O) groups is 2. The Balaban J connectivity index is 1.88. The van der Waals surface area contributed by atoms with Crippen molar-refractivity contribution in [2.45, 2.75) is 39.3 Å². The molecule has 0 aromatic heterocycles. The summed E-state index contributed by atoms with van der Waals surface area (Å²) < 4.78 is 5.74. The fraction of sp³-hybridized carbons (Fsp3) is 0.286. The summed E-state index contributed by atoms with van der Waals surface area (Å²) in [5.41, 5.74) is 3.06. The first-order valence-electron chi connectivity index (χ1n) is 11.5. The van der Waals surface area contributed by atoms with Crippen molar-refractivity contribution in [1.29, 1.82) is 0 Å². The van der Waals surface area contributed by atoms with Crippen LogP contribution in [0.25, 0.3) is 0 Å². The van der Waals surface area contributed by atoms with Gasteiger partial charge in [-0.1, -0.05) is 84.8 Å². The molecular weight excluding hydrogens is 448 g/mol. The molecule has 0 spiro atoms. The van der Waals surface area contributed by atoms with Crippen LogP contribution in [-0.2, 0) is 22.6 Å². The number of hydrogen-bond donors (Lipinski definition) is 1. The molecule has 3 aromatic rings. The lowest BCUT2D eigenvalue weighted by atomic mass is 10.0. The second kappa shape index (κ2) is 12.8. The largest absolute Gasteiger partial charge is 0.484 e. The number of nitrogens with one attached hydrogen (secondary N) is 1. The van der Waals surface area contributed by atoms with Crippen molar-refractivity contribution >= 4 is 23.4 Å². The summed E-state index contributed by atoms with van der Waals surface area (Å²) in [5, 5.41) is 3.50. The maximum absolute atomic E-state index is 13.5. The summed E-state index contributed by atoms with van der Waals surface area (Å²) in [4.78, 5) is 28.3. The van der Waals surface area contributed by atoms with Crippen LogP contribution in [0.1, 0.15) is 30.0 Å². The maximum Gasteiger partial charge on any atom is 0.261 e. The van der Waals surface area contributed by atoms with Gasteiger partial charge in [-0.2, -0.15) is 0 Å². The van der Waals surface area contributed by atoms with Crippen molar-refractivity contribution < 1.29 is 14.3 Å². The molecule has 2 amide bonds. The normalized spacial score (nSPS) is 11.5. The highest BCUT2D eigenvalue weighted by atomic mass is 35.5. The average molecular weight is 479 g/mol. The number of ether oxygens (including phenoxy) is 1. The van der Waals surface area contributed by atoms with Gasteiger partial charge in [0.15, 0.2) is 6.61 Å². The quantitative estimate of drug-likeness (QED) is 0.412. The number of aryl methyl sites for hydroxylation is 1. The van der Waals surface area contributed by atoms with E-state index >= 15 is 0 Å². The third-order valence-corrected chi connectivity index (χ3v) is 5.69. The summed E-state index contributed by atoms with van der Waals surface area (Å²) in [6.45, 7) is 4.67. The molecule has 34 heavy (non-hydrogen) atoms. The van der Waals surface area contributed by atoms with Gasteiger partial charge in [0.05, 0.1) is 0 Å². The highest BCUT2D eigenvalue weighted by molar-refractivity contribution is 6.30. The summed E-state index contributed by atoms with van der Waals surface area (Å²) >= 11 is 6.05. The minimum absolute atomic E-state index is 0.172. The van der Waals surface area contributed by atoms with Crippen molar-refractivity contribution in [2.24, 2.45) is 0 Å². The van der Waals surface area contributed by atoms with E-state index in [9.17, 15) is 9.59 Å². The third-order valence-electron chi connectivity index (χ3n) is 5.45. The Morgan fingerprint density at radius 1 is 0.971 bits per heavy atom. The highest BCUT2D eigenvalue weighted by Gasteiger charge is 2.30. The van der Waals surface area contributed by atoms with Crippen LogP contribution in [0.3, 0.4) is 0 Å². The predicted octanol–water partition coefficient (Wildman–Crippen LogP) is 5.19. The molecule has 0 radical (unpaired) electrons. The van der Waals surface area contributed by atoms with Gasteiger partial charge in [0.1, 0.15) is 11.8 Å². The zero-order chi connectivity index (χ0) is 24.3. The van der Waals surface area contributed by atoms with Crippen LogP contribution in [-0.4, -0.2) is 35.9 Å². The van der Waals surface area contributed by atoms with E-state index in [0.29, 0.717) is 30.3 Å². The molecule has 0 aliphatic rings. The molecule has 0 aliphatic heterocycles. The van der Waals surface area contributed by atoms with Crippen LogP contribution < -0.4 is 10.1 Å². The molecule has 0 saturated carbocycles. The van der Waals surface area contributed by atoms with E-state index < -0.39 is 6.04 Å². The molecule has 3 aromatic carbocycles. The monoisotopic (exact) mass is 478 g/mol. The fourth-order valence-electron chi connectivity index (χ4n) is 3.59. The number of rotatable bonds is 11. The Morgan fingerprint density at radius 3 is 2.38 bits per heavy atom. The zero-order valence-corrected chi connectivity index (χ0v) is 20.4. The maximum atomic E-state index is 13.5. The Bertz CT molecular complexity index is 1070. The van der Waals surface area contributed by atoms with Gasteiger partial charge in [0.25, 0.3) is 5.91 Å². The van der Waals surface area contributed by atoms with Gasteiger partial charge in [0.2, 0.25) is 5.91 Å². The molecule has 0 fully saturated rings. The number of halogens is 1. The van der Waals surface area contributed by atoms with E-state index in [4.69, 9.17) is 16.3 Å². The Hall–Kier alpha value is -3.31. The first-order valence-corrected chi connectivity index (χ1v) is 11.9. The summed E-state index contributed by atoms with van der Waals surface area (Å²) in [7, 11) is 0. The van der Waals surface area contributed by atoms with E-state index in [1.807, 2.05) is 68.4 Å². The Kier molecular flexibility index (Phi) is 9.53. The van der Waals surface area contributed by atoms with Crippen LogP contribution in [0.15, 0.2) is 78.9 Å². The summed E-state index contributed by atoms with van der Waals surface area (Å²) in [5.74, 6) is 0.0632. The van der Waals surface area contributed by atoms with Crippen molar-refractivity contribution in [3.05, 3.63) is 101 Å². The zero-order valence-electron chi connectivity index (χ0n) is 19.7. The van der Waals surface area contributed by atoms with Crippen LogP contribution in [0, 0.1) is 6.92 Å². The van der Waals surface area contributed by atoms with E-state index in [0.717, 1.165) is 23.1 Å². The molecule has 1 unspecified atom stereocenters. The average Bonchev–Trinajstić information content (AvgIpc) is 2.85. The van der Waals surface area contributed by atoms with Gasteiger partial charge in [-0.05, 0) is 42.7 Å². The van der Waals surface area contributed by atoms with Gasteiger partial charge in [-0.25, -0.2) is 0 Å². The smallest absolute Gasteiger partial charge is 0.261 e. The van der Waals surface area contributed by atoms with Crippen molar-refractivity contribution in [3.63, 3.8) is 0 Å². The second-order valence-electron chi connectivity index (χ2n) is 8.25. The molecule has 0 bridgehead atoms. The van der Waals surface area contributed by atoms with Gasteiger partial charge in [-0.15, -0.1) is 0 Å². The SMILES string of the molecule is CCCNC(=O)C(Cc1ccccc1)N(Cc1ccc(C)cc1)C(=O)COc1cccc(Cl)c1. The topological polar surface area (TPSA) is 58.6 Å². The minimum Gasteiger partial charge on any atom is -0.484 e. The lowest BCUT2D eigenvalue weighted by molar-refractivity contribution is -0.142. The Morgan fingerprint density at radius 2 is 1.71 bits per heavy atom. The number of carbonyl (C=O) groups excluding carboxylic acids is 2. The molecule has 0 saturated heterocycles. The first kappa shape index (κ1) is 25.3. The second-order valence-corrected chi connectivity index (χ2v) is 8.69. The highest BCUT2D eigenvalue weighted by Crippen LogP contribution is 2.19. The molecule has 1 atom stereocenters. The van der Waals surface area contributed by atoms with Crippen molar-refractivity contribution in [2.75, 3.05) is 13.2 Å². The predicted molar refractivity (Wildman–Crippen MR) is 136 cm³/mol. The van der Waals surface area contributed by atoms with Crippen molar-refractivity contribution in [1.82, 2.24) is 10.2 Å². The number of hydrogen-bond acceptors (Lipinski definition) is 3. The van der Waals surface area contributed by atoms with Crippen LogP contribution in [0.2, 0.25) is 5.02 Å². The van der Waals surface area contributed by atoms with Crippen molar-refractivity contribution in [3.8, 4) is 5.75 Å². The summed E-state index contributed by atoms with van der Waals surface area (Å²) in [6, 6.07) is 24.0. The van der Waals surface area contributed by atoms with E-state index in [1.165, 1.54) is 0 Å². The molecule has 0 aliphatic carbocycles. The van der Waals surface area contributed by atoms with Gasteiger partial charge >= 0.3 is 0 Å². The molecule has 1 N–H and O–H groups in total. The van der Waals surface area contributed by atoms with E-state index in [1.54, 1.807) is 29.2 Å². The van der Waals surface area contributed by atoms with Gasteiger partial charge < -0.3 is 15.0 Å². The standard InChI is InChI=1S/C28H31ClN2O3/c1-3-16-30-28(33)26(17-22-8-5-4-6-9-22)31(19-23-14-12-21(2)13-15-23)27(32)20-34-25-11-7-10-24(29)18-25/h4-15,18,26H,3,16-17,19-20H2,1-2H3,(H,30,33). The summed E-state index contributed by atoms with van der Waals surface area (Å²) in [6.07, 6.45) is 1.22. The first-order chi connectivity index (χ1) is 16.5. The van der Waals surface area contributed by atoms with Gasteiger partial charge in [0, 0.05) is 24.5 Å². The fourth-order valence-corrected chi connectivity index (χ4v) is 3.78. The molecule has 6 heteroatoms. The van der Waals surface area contributed by atoms with Crippen LogP contribution >= 0.6 is 11.6 Å². The molecule has 5 nitrogen and oxygen atoms in total. The number of nitrogens with zero attached hydrogens (tertiary/aromatic N) is 1. The lowest BCUT2D eigenvalue weighted by Gasteiger charge is -2.31. The van der Waals surface area contributed by atoms with E-state index in [-0.39, 0.29) is 18.4 Å². The third kappa shape index (κ3) is 7.63. The number of amides is 2. The number of benzene rings is 3. The van der Waals surface area contributed by atoms with Gasteiger partial charge in [-0.3, -0.25) is 9.59 Å². The minimum atomic E-state index is -0.675. The molecule has 3 rings (SSSR count). The van der Waals surface area contributed by atoms with Crippen LogP contribution in [0.5, 0.6) is 5.75 Å². The molecule has 178 valence electrons. The Labute approximate surface area is 206 Å². The molecule has 0 heterocycles. The van der Waals surface area contributed by atoms with Crippen LogP contribution in [0.4, 0.5) is 0 Å². The lowest BCUT2D eigenvalue weighted by Crippen LogP contribution is -2.51. The van der Waals surface area contributed by atoms with E-state index in [2.05, 4.69) is 5.32 Å². The molecular formula is C28H31ClN2O3.